The van der Waals surface area contributed by atoms with E-state index in [0.29, 0.717) is 47.0 Å². The van der Waals surface area contributed by atoms with Crippen LogP contribution in [0.1, 0.15) is 36.1 Å². The minimum absolute atomic E-state index is 0.145. The molecule has 1 amide bonds. The van der Waals surface area contributed by atoms with E-state index < -0.39 is 6.04 Å². The molecule has 1 aromatic heterocycles. The van der Waals surface area contributed by atoms with Gasteiger partial charge in [-0.05, 0) is 55.0 Å². The highest BCUT2D eigenvalue weighted by molar-refractivity contribution is 6.31. The summed E-state index contributed by atoms with van der Waals surface area (Å²) >= 11 is 6.16. The minimum atomic E-state index is -0.463. The van der Waals surface area contributed by atoms with Gasteiger partial charge in [-0.1, -0.05) is 41.9 Å². The van der Waals surface area contributed by atoms with Crippen molar-refractivity contribution in [3.05, 3.63) is 87.4 Å². The average Bonchev–Trinajstić information content (AvgIpc) is 2.83. The van der Waals surface area contributed by atoms with Crippen molar-refractivity contribution >= 4 is 39.2 Å². The first-order valence-corrected chi connectivity index (χ1v) is 11.3. The molecule has 6 nitrogen and oxygen atoms in total. The Morgan fingerprint density at radius 1 is 1.12 bits per heavy atom. The summed E-state index contributed by atoms with van der Waals surface area (Å²) in [5.41, 5.74) is 0.945. The molecule has 0 aliphatic carbocycles. The molecule has 3 aromatic carbocycles. The van der Waals surface area contributed by atoms with E-state index in [2.05, 4.69) is 0 Å². The quantitative estimate of drug-likeness (QED) is 0.383. The number of nitrogens with zero attached hydrogens (tertiary/aromatic N) is 3. The Morgan fingerprint density at radius 3 is 2.61 bits per heavy atom. The van der Waals surface area contributed by atoms with Gasteiger partial charge in [0.25, 0.3) is 11.5 Å². The highest BCUT2D eigenvalue weighted by atomic mass is 35.5. The van der Waals surface area contributed by atoms with Gasteiger partial charge >= 0.3 is 0 Å². The number of methoxy groups -OCH3 is 1. The number of halogens is 1. The number of rotatable bonds is 7. The lowest BCUT2D eigenvalue weighted by Gasteiger charge is -2.30. The van der Waals surface area contributed by atoms with E-state index in [1.54, 1.807) is 34.8 Å². The molecular weight excluding hydrogens is 438 g/mol. The summed E-state index contributed by atoms with van der Waals surface area (Å²) in [7, 11) is 1.60. The molecule has 0 N–H and O–H groups in total. The molecule has 0 saturated carbocycles. The summed E-state index contributed by atoms with van der Waals surface area (Å²) in [6.45, 7) is 4.94. The fourth-order valence-corrected chi connectivity index (χ4v) is 4.29. The van der Waals surface area contributed by atoms with Crippen LogP contribution < -0.4 is 5.56 Å². The first-order valence-electron chi connectivity index (χ1n) is 10.9. The molecule has 7 heteroatoms. The molecule has 0 radical (unpaired) electrons. The Bertz CT molecular complexity index is 1380. The lowest BCUT2D eigenvalue weighted by molar-refractivity contribution is 0.0603. The second-order valence-corrected chi connectivity index (χ2v) is 8.35. The maximum atomic E-state index is 13.6. The van der Waals surface area contributed by atoms with Crippen LogP contribution in [0.15, 0.2) is 65.5 Å². The average molecular weight is 464 g/mol. The predicted octanol–water partition coefficient (Wildman–Crippen LogP) is 5.07. The Hall–Kier alpha value is -3.22. The number of hydrogen-bond donors (Lipinski definition) is 0. The van der Waals surface area contributed by atoms with Crippen molar-refractivity contribution in [2.24, 2.45) is 0 Å². The Balaban J connectivity index is 1.80. The van der Waals surface area contributed by atoms with Crippen molar-refractivity contribution in [2.45, 2.75) is 26.4 Å². The van der Waals surface area contributed by atoms with E-state index in [1.807, 2.05) is 56.3 Å². The number of aromatic nitrogens is 2. The van der Waals surface area contributed by atoms with Crippen LogP contribution >= 0.6 is 11.6 Å². The zero-order valence-corrected chi connectivity index (χ0v) is 19.7. The summed E-state index contributed by atoms with van der Waals surface area (Å²) in [6.07, 6.45) is 0. The Labute approximate surface area is 197 Å². The molecule has 4 aromatic rings. The van der Waals surface area contributed by atoms with Gasteiger partial charge in [-0.25, -0.2) is 4.98 Å². The minimum Gasteiger partial charge on any atom is -0.383 e. The molecule has 0 bridgehead atoms. The second kappa shape index (κ2) is 9.73. The van der Waals surface area contributed by atoms with Gasteiger partial charge in [0, 0.05) is 30.8 Å². The van der Waals surface area contributed by atoms with E-state index in [1.165, 1.54) is 0 Å². The SMILES string of the molecule is CCn1c(C(C)N(CCOC)C(=O)c2ccc3ccccc3c2)nc2cc(Cl)ccc2c1=O. The summed E-state index contributed by atoms with van der Waals surface area (Å²) in [5, 5.41) is 3.07. The first kappa shape index (κ1) is 23.0. The van der Waals surface area contributed by atoms with Crippen LogP contribution in [-0.4, -0.2) is 40.6 Å². The van der Waals surface area contributed by atoms with Gasteiger partial charge in [-0.3, -0.25) is 14.2 Å². The van der Waals surface area contributed by atoms with Crippen LogP contribution in [0.2, 0.25) is 5.02 Å². The molecule has 1 unspecified atom stereocenters. The molecule has 0 aliphatic rings. The summed E-state index contributed by atoms with van der Waals surface area (Å²) in [4.78, 5) is 33.3. The highest BCUT2D eigenvalue weighted by Crippen LogP contribution is 2.25. The largest absolute Gasteiger partial charge is 0.383 e. The third-order valence-electron chi connectivity index (χ3n) is 5.90. The maximum absolute atomic E-state index is 13.6. The molecule has 0 saturated heterocycles. The zero-order valence-electron chi connectivity index (χ0n) is 18.9. The van der Waals surface area contributed by atoms with Crippen LogP contribution in [0, 0.1) is 0 Å². The first-order chi connectivity index (χ1) is 15.9. The maximum Gasteiger partial charge on any atom is 0.261 e. The molecule has 1 atom stereocenters. The molecule has 170 valence electrons. The number of hydrogen-bond acceptors (Lipinski definition) is 4. The number of carbonyl (C=O) groups excluding carboxylic acids is 1. The Kier molecular flexibility index (Phi) is 6.77. The molecule has 33 heavy (non-hydrogen) atoms. The normalized spacial score (nSPS) is 12.2. The molecular formula is C26H26ClN3O3. The second-order valence-electron chi connectivity index (χ2n) is 7.91. The van der Waals surface area contributed by atoms with Gasteiger partial charge in [0.15, 0.2) is 0 Å². The van der Waals surface area contributed by atoms with Crippen molar-refractivity contribution in [3.63, 3.8) is 0 Å². The van der Waals surface area contributed by atoms with E-state index in [9.17, 15) is 9.59 Å². The van der Waals surface area contributed by atoms with E-state index >= 15 is 0 Å². The number of amides is 1. The van der Waals surface area contributed by atoms with Crippen molar-refractivity contribution in [1.29, 1.82) is 0 Å². The van der Waals surface area contributed by atoms with Crippen LogP contribution in [0.4, 0.5) is 0 Å². The standard InChI is InChI=1S/C26H26ClN3O3/c1-4-29-24(28-23-16-21(27)11-12-22(23)26(29)32)17(2)30(13-14-33-3)25(31)20-10-9-18-7-5-6-8-19(18)15-20/h5-12,15-17H,4,13-14H2,1-3H3. The summed E-state index contributed by atoms with van der Waals surface area (Å²) in [6, 6.07) is 18.2. The van der Waals surface area contributed by atoms with E-state index in [0.717, 1.165) is 10.8 Å². The molecule has 0 aliphatic heterocycles. The van der Waals surface area contributed by atoms with Gasteiger partial charge in [0.05, 0.1) is 23.6 Å². The molecule has 1 heterocycles. The third-order valence-corrected chi connectivity index (χ3v) is 6.13. The molecule has 0 fully saturated rings. The predicted molar refractivity (Wildman–Crippen MR) is 132 cm³/mol. The third kappa shape index (κ3) is 4.49. The monoisotopic (exact) mass is 463 g/mol. The zero-order chi connectivity index (χ0) is 23.5. The van der Waals surface area contributed by atoms with Crippen molar-refractivity contribution in [1.82, 2.24) is 14.5 Å². The van der Waals surface area contributed by atoms with Gasteiger partial charge in [-0.15, -0.1) is 0 Å². The van der Waals surface area contributed by atoms with Crippen LogP contribution in [0.25, 0.3) is 21.7 Å². The van der Waals surface area contributed by atoms with Crippen LogP contribution in [-0.2, 0) is 11.3 Å². The molecule has 4 rings (SSSR count). The van der Waals surface area contributed by atoms with Crippen molar-refractivity contribution < 1.29 is 9.53 Å². The van der Waals surface area contributed by atoms with Gasteiger partial charge in [0.2, 0.25) is 0 Å². The fourth-order valence-electron chi connectivity index (χ4n) is 4.12. The topological polar surface area (TPSA) is 64.4 Å². The van der Waals surface area contributed by atoms with Crippen LogP contribution in [0.3, 0.4) is 0 Å². The lowest BCUT2D eigenvalue weighted by Crippen LogP contribution is -2.39. The van der Waals surface area contributed by atoms with Gasteiger partial charge in [-0.2, -0.15) is 0 Å². The van der Waals surface area contributed by atoms with E-state index in [4.69, 9.17) is 21.3 Å². The van der Waals surface area contributed by atoms with Crippen LogP contribution in [0.5, 0.6) is 0 Å². The molecule has 0 spiro atoms. The summed E-state index contributed by atoms with van der Waals surface area (Å²) in [5.74, 6) is 0.371. The summed E-state index contributed by atoms with van der Waals surface area (Å²) < 4.78 is 6.90. The van der Waals surface area contributed by atoms with Crippen molar-refractivity contribution in [2.75, 3.05) is 20.3 Å². The number of fused-ring (bicyclic) bond motifs is 2. The van der Waals surface area contributed by atoms with Crippen molar-refractivity contribution in [3.8, 4) is 0 Å². The fraction of sp³-hybridized carbons (Fsp3) is 0.269. The lowest BCUT2D eigenvalue weighted by atomic mass is 10.1. The van der Waals surface area contributed by atoms with Gasteiger partial charge < -0.3 is 9.64 Å². The smallest absolute Gasteiger partial charge is 0.261 e. The van der Waals surface area contributed by atoms with Gasteiger partial charge in [0.1, 0.15) is 5.82 Å². The Morgan fingerprint density at radius 2 is 1.88 bits per heavy atom. The highest BCUT2D eigenvalue weighted by Gasteiger charge is 2.27. The number of benzene rings is 3. The number of ether oxygens (including phenoxy) is 1. The van der Waals surface area contributed by atoms with E-state index in [-0.39, 0.29) is 11.5 Å². The number of carbonyl (C=O) groups is 1.